The van der Waals surface area contributed by atoms with E-state index in [1.807, 2.05) is 0 Å². The van der Waals surface area contributed by atoms with Gasteiger partial charge in [0.25, 0.3) is 0 Å². The minimum atomic E-state index is -1.23. The monoisotopic (exact) mass is 256 g/mol. The molecule has 1 fully saturated rings. The van der Waals surface area contributed by atoms with Gasteiger partial charge in [0.2, 0.25) is 0 Å². The molecule has 0 saturated carbocycles. The minimum absolute atomic E-state index is 0.153. The van der Waals surface area contributed by atoms with Crippen molar-refractivity contribution in [2.45, 2.75) is 6.10 Å². The van der Waals surface area contributed by atoms with Crippen molar-refractivity contribution in [3.05, 3.63) is 23.6 Å². The van der Waals surface area contributed by atoms with Crippen molar-refractivity contribution >= 4 is 11.8 Å². The number of carbonyl (C=O) groups is 1. The molecule has 1 atom stereocenters. The first-order valence-corrected chi connectivity index (χ1v) is 5.48. The smallest absolute Gasteiger partial charge is 0.339 e. The van der Waals surface area contributed by atoms with Crippen molar-refractivity contribution in [1.82, 2.24) is 4.98 Å². The zero-order chi connectivity index (χ0) is 13.1. The first-order chi connectivity index (χ1) is 8.61. The van der Waals surface area contributed by atoms with Gasteiger partial charge in [0.15, 0.2) is 0 Å². The molecule has 1 aliphatic rings. The fourth-order valence-electron chi connectivity index (χ4n) is 1.86. The lowest BCUT2D eigenvalue weighted by molar-refractivity contribution is 0.00328. The second kappa shape index (κ2) is 5.28. The lowest BCUT2D eigenvalue weighted by atomic mass is 10.2. The molecule has 1 aliphatic heterocycles. The van der Waals surface area contributed by atoms with E-state index in [0.717, 1.165) is 12.3 Å². The summed E-state index contributed by atoms with van der Waals surface area (Å²) in [5.74, 6) is -1.72. The Morgan fingerprint density at radius 1 is 1.67 bits per heavy atom. The van der Waals surface area contributed by atoms with E-state index in [1.165, 1.54) is 0 Å². The highest BCUT2D eigenvalue weighted by Crippen LogP contribution is 2.21. The highest BCUT2D eigenvalue weighted by atomic mass is 19.1. The fourth-order valence-corrected chi connectivity index (χ4v) is 1.86. The van der Waals surface area contributed by atoms with Crippen molar-refractivity contribution < 1.29 is 24.1 Å². The molecule has 18 heavy (non-hydrogen) atoms. The number of morpholine rings is 1. The van der Waals surface area contributed by atoms with Crippen LogP contribution in [0.5, 0.6) is 0 Å². The van der Waals surface area contributed by atoms with E-state index in [0.29, 0.717) is 19.7 Å². The van der Waals surface area contributed by atoms with Crippen LogP contribution in [0, 0.1) is 5.82 Å². The Morgan fingerprint density at radius 2 is 2.44 bits per heavy atom. The molecule has 2 heterocycles. The van der Waals surface area contributed by atoms with Crippen molar-refractivity contribution in [1.29, 1.82) is 0 Å². The molecule has 2 N–H and O–H groups in total. The molecule has 0 bridgehead atoms. The molecule has 98 valence electrons. The van der Waals surface area contributed by atoms with Crippen molar-refractivity contribution in [3.8, 4) is 0 Å². The highest BCUT2D eigenvalue weighted by Gasteiger charge is 2.25. The second-order valence-corrected chi connectivity index (χ2v) is 3.95. The molecule has 6 nitrogen and oxygen atoms in total. The van der Waals surface area contributed by atoms with Gasteiger partial charge < -0.3 is 19.8 Å². The quantitative estimate of drug-likeness (QED) is 0.799. The summed E-state index contributed by atoms with van der Waals surface area (Å²) >= 11 is 0. The van der Waals surface area contributed by atoms with E-state index in [-0.39, 0.29) is 24.1 Å². The van der Waals surface area contributed by atoms with Gasteiger partial charge in [-0.05, 0) is 6.07 Å². The van der Waals surface area contributed by atoms with Crippen LogP contribution in [0.4, 0.5) is 10.2 Å². The van der Waals surface area contributed by atoms with Gasteiger partial charge in [0, 0.05) is 13.1 Å². The van der Waals surface area contributed by atoms with Gasteiger partial charge in [0.1, 0.15) is 17.2 Å². The van der Waals surface area contributed by atoms with Crippen molar-refractivity contribution in [3.63, 3.8) is 0 Å². The predicted octanol–water partition coefficient (Wildman–Crippen LogP) is 0.116. The number of halogens is 1. The van der Waals surface area contributed by atoms with E-state index >= 15 is 0 Å². The molecule has 0 radical (unpaired) electrons. The first kappa shape index (κ1) is 12.7. The number of aliphatic hydroxyl groups is 1. The van der Waals surface area contributed by atoms with Crippen molar-refractivity contribution in [2.75, 3.05) is 31.2 Å². The normalized spacial score (nSPS) is 19.9. The van der Waals surface area contributed by atoms with Gasteiger partial charge >= 0.3 is 5.97 Å². The van der Waals surface area contributed by atoms with Gasteiger partial charge in [-0.25, -0.2) is 14.2 Å². The Balaban J connectivity index is 2.29. The molecule has 0 amide bonds. The molecule has 0 aromatic carbocycles. The maximum absolute atomic E-state index is 13.0. The van der Waals surface area contributed by atoms with Gasteiger partial charge in [0.05, 0.1) is 25.5 Å². The van der Waals surface area contributed by atoms with Crippen LogP contribution in [0.25, 0.3) is 0 Å². The lowest BCUT2D eigenvalue weighted by Gasteiger charge is -2.33. The number of hydrogen-bond donors (Lipinski definition) is 2. The molecule has 0 spiro atoms. The van der Waals surface area contributed by atoms with Gasteiger partial charge in [-0.1, -0.05) is 0 Å². The van der Waals surface area contributed by atoms with Crippen LogP contribution < -0.4 is 4.90 Å². The number of aromatic nitrogens is 1. The predicted molar refractivity (Wildman–Crippen MR) is 60.2 cm³/mol. The zero-order valence-electron chi connectivity index (χ0n) is 9.54. The molecular formula is C11H13FN2O4. The molecule has 1 unspecified atom stereocenters. The summed E-state index contributed by atoms with van der Waals surface area (Å²) in [7, 11) is 0. The number of pyridine rings is 1. The first-order valence-electron chi connectivity index (χ1n) is 5.48. The lowest BCUT2D eigenvalue weighted by Crippen LogP contribution is -2.45. The third-order valence-electron chi connectivity index (χ3n) is 2.71. The number of aromatic carboxylic acids is 1. The number of aliphatic hydroxyl groups excluding tert-OH is 1. The average Bonchev–Trinajstić information content (AvgIpc) is 2.38. The summed E-state index contributed by atoms with van der Waals surface area (Å²) in [6, 6.07) is 0.939. The summed E-state index contributed by atoms with van der Waals surface area (Å²) < 4.78 is 18.3. The van der Waals surface area contributed by atoms with Crippen LogP contribution in [-0.2, 0) is 4.74 Å². The Kier molecular flexibility index (Phi) is 3.73. The topological polar surface area (TPSA) is 82.9 Å². The number of nitrogens with zero attached hydrogens (tertiary/aromatic N) is 2. The summed E-state index contributed by atoms with van der Waals surface area (Å²) in [6.07, 6.45) is 0.595. The molecule has 0 aliphatic carbocycles. The molecule has 1 saturated heterocycles. The maximum atomic E-state index is 13.0. The minimum Gasteiger partial charge on any atom is -0.478 e. The summed E-state index contributed by atoms with van der Waals surface area (Å²) in [6.45, 7) is 0.994. The number of ether oxygens (including phenoxy) is 1. The fraction of sp³-hybridized carbons (Fsp3) is 0.455. The van der Waals surface area contributed by atoms with Crippen LogP contribution in [-0.4, -0.2) is 53.6 Å². The third kappa shape index (κ3) is 2.57. The summed E-state index contributed by atoms with van der Waals surface area (Å²) in [5.41, 5.74) is -0.186. The van der Waals surface area contributed by atoms with Gasteiger partial charge in [-0.3, -0.25) is 0 Å². The van der Waals surface area contributed by atoms with Gasteiger partial charge in [-0.15, -0.1) is 0 Å². The maximum Gasteiger partial charge on any atom is 0.339 e. The molecule has 1 aromatic rings. The summed E-state index contributed by atoms with van der Waals surface area (Å²) in [4.78, 5) is 16.6. The Hall–Kier alpha value is -1.73. The Morgan fingerprint density at radius 3 is 3.11 bits per heavy atom. The number of anilines is 1. The highest BCUT2D eigenvalue weighted by molar-refractivity contribution is 5.93. The Bertz CT molecular complexity index is 455. The van der Waals surface area contributed by atoms with Crippen LogP contribution in [0.1, 0.15) is 10.4 Å². The average molecular weight is 256 g/mol. The van der Waals surface area contributed by atoms with E-state index in [9.17, 15) is 9.18 Å². The number of rotatable bonds is 3. The van der Waals surface area contributed by atoms with Crippen LogP contribution >= 0.6 is 0 Å². The molecule has 2 rings (SSSR count). The van der Waals surface area contributed by atoms with Crippen LogP contribution in [0.3, 0.4) is 0 Å². The number of carboxylic acids is 1. The molecule has 1 aromatic heterocycles. The number of hydrogen-bond acceptors (Lipinski definition) is 5. The molecular weight excluding hydrogens is 243 g/mol. The standard InChI is InChI=1S/C11H13FN2O4/c12-7-3-9(11(16)17)10(13-4-7)14-1-2-18-8(5-14)6-15/h3-4,8,15H,1-2,5-6H2,(H,16,17). The SMILES string of the molecule is O=C(O)c1cc(F)cnc1N1CCOC(CO)C1. The van der Waals surface area contributed by atoms with Crippen LogP contribution in [0.15, 0.2) is 12.3 Å². The second-order valence-electron chi connectivity index (χ2n) is 3.95. The summed E-state index contributed by atoms with van der Waals surface area (Å²) in [5, 5.41) is 18.1. The van der Waals surface area contributed by atoms with E-state index in [4.69, 9.17) is 14.9 Å². The zero-order valence-corrected chi connectivity index (χ0v) is 9.54. The van der Waals surface area contributed by atoms with E-state index in [1.54, 1.807) is 4.90 Å². The third-order valence-corrected chi connectivity index (χ3v) is 2.71. The van der Waals surface area contributed by atoms with Crippen LogP contribution in [0.2, 0.25) is 0 Å². The largest absolute Gasteiger partial charge is 0.478 e. The van der Waals surface area contributed by atoms with Crippen molar-refractivity contribution in [2.24, 2.45) is 0 Å². The molecule has 7 heteroatoms. The van der Waals surface area contributed by atoms with E-state index in [2.05, 4.69) is 4.98 Å². The number of carboxylic acid groups (broad SMARTS) is 1. The van der Waals surface area contributed by atoms with E-state index < -0.39 is 11.8 Å². The Labute approximate surface area is 103 Å². The van der Waals surface area contributed by atoms with Gasteiger partial charge in [-0.2, -0.15) is 0 Å².